The van der Waals surface area contributed by atoms with Crippen LogP contribution in [0.1, 0.15) is 6.42 Å². The molecule has 4 heteroatoms. The molecule has 0 radical (unpaired) electrons. The van der Waals surface area contributed by atoms with E-state index in [9.17, 15) is 5.11 Å². The molecular weight excluding hydrogens is 188 g/mol. The molecule has 2 rings (SSSR count). The smallest absolute Gasteiger partial charge is 0.0822 e. The van der Waals surface area contributed by atoms with Crippen LogP contribution in [0.3, 0.4) is 0 Å². The van der Waals surface area contributed by atoms with Gasteiger partial charge in [0, 0.05) is 25.5 Å². The van der Waals surface area contributed by atoms with Crippen molar-refractivity contribution in [2.75, 3.05) is 18.0 Å². The van der Waals surface area contributed by atoms with E-state index < -0.39 is 0 Å². The zero-order chi connectivity index (χ0) is 9.26. The second-order valence-corrected chi connectivity index (χ2v) is 3.62. The SMILES string of the molecule is O[C@H]1CCN(c2ccncc2Cl)C1. The Morgan fingerprint density at radius 1 is 1.62 bits per heavy atom. The number of anilines is 1. The van der Waals surface area contributed by atoms with Gasteiger partial charge in [-0.05, 0) is 12.5 Å². The van der Waals surface area contributed by atoms with Crippen LogP contribution in [0.2, 0.25) is 5.02 Å². The Hall–Kier alpha value is -0.800. The molecule has 0 unspecified atom stereocenters. The van der Waals surface area contributed by atoms with Crippen LogP contribution >= 0.6 is 11.6 Å². The number of halogens is 1. The van der Waals surface area contributed by atoms with Gasteiger partial charge in [-0.1, -0.05) is 11.6 Å². The summed E-state index contributed by atoms with van der Waals surface area (Å²) < 4.78 is 0. The Kier molecular flexibility index (Phi) is 2.38. The third-order valence-electron chi connectivity index (χ3n) is 2.26. The summed E-state index contributed by atoms with van der Waals surface area (Å²) in [6.45, 7) is 1.54. The molecule has 0 saturated carbocycles. The number of hydrogen-bond acceptors (Lipinski definition) is 3. The third kappa shape index (κ3) is 1.76. The van der Waals surface area contributed by atoms with Gasteiger partial charge in [0.25, 0.3) is 0 Å². The maximum absolute atomic E-state index is 9.35. The number of pyridine rings is 1. The van der Waals surface area contributed by atoms with E-state index in [0.717, 1.165) is 18.7 Å². The highest BCUT2D eigenvalue weighted by atomic mass is 35.5. The van der Waals surface area contributed by atoms with Gasteiger partial charge in [0.15, 0.2) is 0 Å². The van der Waals surface area contributed by atoms with Crippen LogP contribution in [0.4, 0.5) is 5.69 Å². The second kappa shape index (κ2) is 3.52. The van der Waals surface area contributed by atoms with Crippen molar-refractivity contribution in [2.45, 2.75) is 12.5 Å². The maximum Gasteiger partial charge on any atom is 0.0822 e. The minimum absolute atomic E-state index is 0.218. The van der Waals surface area contributed by atoms with Gasteiger partial charge in [-0.25, -0.2) is 0 Å². The summed E-state index contributed by atoms with van der Waals surface area (Å²) in [4.78, 5) is 5.99. The van der Waals surface area contributed by atoms with E-state index >= 15 is 0 Å². The molecule has 1 aliphatic heterocycles. The average Bonchev–Trinajstić information content (AvgIpc) is 2.53. The van der Waals surface area contributed by atoms with Crippen molar-refractivity contribution < 1.29 is 5.11 Å². The van der Waals surface area contributed by atoms with E-state index in [0.29, 0.717) is 11.6 Å². The molecule has 0 bridgehead atoms. The van der Waals surface area contributed by atoms with E-state index in [1.807, 2.05) is 6.07 Å². The Balaban J connectivity index is 2.21. The number of β-amino-alcohol motifs (C(OH)–C–C–N with tert-alkyl or cyclic N) is 1. The highest BCUT2D eigenvalue weighted by molar-refractivity contribution is 6.33. The van der Waals surface area contributed by atoms with E-state index in [1.54, 1.807) is 12.4 Å². The molecule has 13 heavy (non-hydrogen) atoms. The Morgan fingerprint density at radius 3 is 3.08 bits per heavy atom. The van der Waals surface area contributed by atoms with Crippen LogP contribution in [0.15, 0.2) is 18.5 Å². The van der Waals surface area contributed by atoms with Gasteiger partial charge in [0.05, 0.1) is 16.8 Å². The van der Waals surface area contributed by atoms with Gasteiger partial charge in [-0.3, -0.25) is 4.98 Å². The lowest BCUT2D eigenvalue weighted by Crippen LogP contribution is -2.21. The molecule has 3 nitrogen and oxygen atoms in total. The monoisotopic (exact) mass is 198 g/mol. The van der Waals surface area contributed by atoms with Gasteiger partial charge in [-0.2, -0.15) is 0 Å². The molecular formula is C9H11ClN2O. The first-order chi connectivity index (χ1) is 6.27. The van der Waals surface area contributed by atoms with Crippen LogP contribution in [0.25, 0.3) is 0 Å². The van der Waals surface area contributed by atoms with Crippen molar-refractivity contribution in [2.24, 2.45) is 0 Å². The quantitative estimate of drug-likeness (QED) is 0.739. The first-order valence-electron chi connectivity index (χ1n) is 4.30. The van der Waals surface area contributed by atoms with Crippen molar-refractivity contribution in [3.63, 3.8) is 0 Å². The molecule has 1 aromatic heterocycles. The molecule has 0 amide bonds. The lowest BCUT2D eigenvalue weighted by molar-refractivity contribution is 0.198. The van der Waals surface area contributed by atoms with Crippen LogP contribution in [-0.2, 0) is 0 Å². The number of aromatic nitrogens is 1. The number of nitrogens with zero attached hydrogens (tertiary/aromatic N) is 2. The molecule has 2 heterocycles. The summed E-state index contributed by atoms with van der Waals surface area (Å²) in [6, 6.07) is 1.88. The van der Waals surface area contributed by atoms with Crippen LogP contribution in [0, 0.1) is 0 Å². The van der Waals surface area contributed by atoms with Gasteiger partial charge >= 0.3 is 0 Å². The fourth-order valence-electron chi connectivity index (χ4n) is 1.58. The summed E-state index contributed by atoms with van der Waals surface area (Å²) in [5.41, 5.74) is 0.966. The number of aliphatic hydroxyl groups excluding tert-OH is 1. The summed E-state index contributed by atoms with van der Waals surface area (Å²) in [6.07, 6.45) is 3.94. The number of hydrogen-bond donors (Lipinski definition) is 1. The van der Waals surface area contributed by atoms with Crippen molar-refractivity contribution in [3.8, 4) is 0 Å². The summed E-state index contributed by atoms with van der Waals surface area (Å²) in [7, 11) is 0. The van der Waals surface area contributed by atoms with E-state index in [1.165, 1.54) is 0 Å². The standard InChI is InChI=1S/C9H11ClN2O/c10-8-5-11-3-1-9(8)12-4-2-7(13)6-12/h1,3,5,7,13H,2,4,6H2/t7-/m0/s1. The Labute approximate surface area is 82.0 Å². The van der Waals surface area contributed by atoms with Gasteiger partial charge < -0.3 is 10.0 Å². The van der Waals surface area contributed by atoms with Crippen LogP contribution < -0.4 is 4.90 Å². The topological polar surface area (TPSA) is 36.4 Å². The van der Waals surface area contributed by atoms with E-state index in [4.69, 9.17) is 11.6 Å². The van der Waals surface area contributed by atoms with Crippen molar-refractivity contribution >= 4 is 17.3 Å². The normalized spacial score (nSPS) is 22.3. The third-order valence-corrected chi connectivity index (χ3v) is 2.55. The van der Waals surface area contributed by atoms with Gasteiger partial charge in [0.2, 0.25) is 0 Å². The first kappa shape index (κ1) is 8.78. The van der Waals surface area contributed by atoms with Crippen molar-refractivity contribution in [1.82, 2.24) is 4.98 Å². The maximum atomic E-state index is 9.35. The highest BCUT2D eigenvalue weighted by Crippen LogP contribution is 2.27. The molecule has 1 atom stereocenters. The first-order valence-corrected chi connectivity index (χ1v) is 4.67. The molecule has 70 valence electrons. The predicted octanol–water partition coefficient (Wildman–Crippen LogP) is 1.31. The fourth-order valence-corrected chi connectivity index (χ4v) is 1.82. The molecule has 0 aromatic carbocycles. The summed E-state index contributed by atoms with van der Waals surface area (Å²) >= 11 is 5.97. The predicted molar refractivity (Wildman–Crippen MR) is 52.1 cm³/mol. The molecule has 1 fully saturated rings. The Bertz CT molecular complexity index is 305. The highest BCUT2D eigenvalue weighted by Gasteiger charge is 2.21. The number of rotatable bonds is 1. The lowest BCUT2D eigenvalue weighted by Gasteiger charge is -2.18. The minimum Gasteiger partial charge on any atom is -0.391 e. The molecule has 0 spiro atoms. The molecule has 1 N–H and O–H groups in total. The van der Waals surface area contributed by atoms with Gasteiger partial charge in [-0.15, -0.1) is 0 Å². The zero-order valence-corrected chi connectivity index (χ0v) is 7.91. The number of aliphatic hydroxyl groups is 1. The zero-order valence-electron chi connectivity index (χ0n) is 7.15. The van der Waals surface area contributed by atoms with E-state index in [-0.39, 0.29) is 6.10 Å². The largest absolute Gasteiger partial charge is 0.391 e. The second-order valence-electron chi connectivity index (χ2n) is 3.22. The lowest BCUT2D eigenvalue weighted by atomic mass is 10.3. The van der Waals surface area contributed by atoms with Crippen molar-refractivity contribution in [1.29, 1.82) is 0 Å². The van der Waals surface area contributed by atoms with E-state index in [2.05, 4.69) is 9.88 Å². The van der Waals surface area contributed by atoms with Crippen LogP contribution in [0.5, 0.6) is 0 Å². The molecule has 1 saturated heterocycles. The minimum atomic E-state index is -0.218. The summed E-state index contributed by atoms with van der Waals surface area (Å²) in [5.74, 6) is 0. The molecule has 1 aromatic rings. The molecule has 1 aliphatic rings. The van der Waals surface area contributed by atoms with Crippen LogP contribution in [-0.4, -0.2) is 29.3 Å². The summed E-state index contributed by atoms with van der Waals surface area (Å²) in [5, 5.41) is 10.0. The van der Waals surface area contributed by atoms with Gasteiger partial charge in [0.1, 0.15) is 0 Å². The van der Waals surface area contributed by atoms with Crippen molar-refractivity contribution in [3.05, 3.63) is 23.5 Å². The molecule has 0 aliphatic carbocycles. The Morgan fingerprint density at radius 2 is 2.46 bits per heavy atom. The average molecular weight is 199 g/mol. The fraction of sp³-hybridized carbons (Fsp3) is 0.444.